The summed E-state index contributed by atoms with van der Waals surface area (Å²) in [7, 11) is -3.19. The Balaban J connectivity index is 2.30. The standard InChI is InChI=1S/C11H15ClN4O2S/c1-8-5-9-11(13-7-8)16(10(6-12)15-9)4-3-14-19(2,17)18/h5,7,14H,3-4,6H2,1-2H3. The van der Waals surface area contributed by atoms with Crippen LogP contribution in [0.2, 0.25) is 0 Å². The van der Waals surface area contributed by atoms with Gasteiger partial charge in [-0.1, -0.05) is 0 Å². The first-order valence-electron chi connectivity index (χ1n) is 5.73. The fraction of sp³-hybridized carbons (Fsp3) is 0.455. The lowest BCUT2D eigenvalue weighted by Crippen LogP contribution is -2.26. The molecule has 0 saturated heterocycles. The van der Waals surface area contributed by atoms with Gasteiger partial charge in [0.25, 0.3) is 0 Å². The quantitative estimate of drug-likeness (QED) is 0.837. The van der Waals surface area contributed by atoms with Crippen LogP contribution in [0.5, 0.6) is 0 Å². The van der Waals surface area contributed by atoms with Crippen molar-refractivity contribution in [2.45, 2.75) is 19.3 Å². The van der Waals surface area contributed by atoms with Crippen LogP contribution in [0.25, 0.3) is 11.2 Å². The maximum atomic E-state index is 11.0. The van der Waals surface area contributed by atoms with Gasteiger partial charge in [0.05, 0.1) is 12.1 Å². The van der Waals surface area contributed by atoms with Crippen LogP contribution in [0.15, 0.2) is 12.3 Å². The van der Waals surface area contributed by atoms with Gasteiger partial charge < -0.3 is 4.57 Å². The summed E-state index contributed by atoms with van der Waals surface area (Å²) < 4.78 is 26.4. The zero-order valence-electron chi connectivity index (χ0n) is 10.7. The largest absolute Gasteiger partial charge is 0.310 e. The summed E-state index contributed by atoms with van der Waals surface area (Å²) in [5, 5.41) is 0. The van der Waals surface area contributed by atoms with Crippen LogP contribution in [0.3, 0.4) is 0 Å². The normalized spacial score (nSPS) is 12.2. The van der Waals surface area contributed by atoms with Crippen molar-refractivity contribution in [2.24, 2.45) is 0 Å². The molecule has 2 rings (SSSR count). The smallest absolute Gasteiger partial charge is 0.208 e. The molecule has 0 radical (unpaired) electrons. The summed E-state index contributed by atoms with van der Waals surface area (Å²) in [5.74, 6) is 0.943. The second-order valence-corrected chi connectivity index (χ2v) is 6.44. The molecule has 0 bridgehead atoms. The van der Waals surface area contributed by atoms with E-state index in [9.17, 15) is 8.42 Å². The fourth-order valence-corrected chi connectivity index (χ4v) is 2.50. The number of fused-ring (bicyclic) bond motifs is 1. The molecule has 19 heavy (non-hydrogen) atoms. The van der Waals surface area contributed by atoms with E-state index in [0.29, 0.717) is 12.4 Å². The first kappa shape index (κ1) is 14.2. The third kappa shape index (κ3) is 3.43. The third-order valence-corrected chi connectivity index (χ3v) is 3.59. The number of hydrogen-bond donors (Lipinski definition) is 1. The third-order valence-electron chi connectivity index (χ3n) is 2.62. The van der Waals surface area contributed by atoms with E-state index in [0.717, 1.165) is 23.0 Å². The first-order chi connectivity index (χ1) is 8.90. The van der Waals surface area contributed by atoms with Crippen LogP contribution < -0.4 is 4.72 Å². The highest BCUT2D eigenvalue weighted by Crippen LogP contribution is 2.16. The molecule has 0 aliphatic rings. The molecule has 0 aliphatic carbocycles. The molecule has 0 amide bonds. The van der Waals surface area contributed by atoms with E-state index in [1.54, 1.807) is 6.20 Å². The molecule has 0 unspecified atom stereocenters. The Kier molecular flexibility index (Phi) is 4.07. The summed E-state index contributed by atoms with van der Waals surface area (Å²) in [4.78, 5) is 8.73. The highest BCUT2D eigenvalue weighted by Gasteiger charge is 2.11. The van der Waals surface area contributed by atoms with Crippen molar-refractivity contribution in [3.63, 3.8) is 0 Å². The number of nitrogens with zero attached hydrogens (tertiary/aromatic N) is 3. The zero-order valence-corrected chi connectivity index (χ0v) is 12.3. The lowest BCUT2D eigenvalue weighted by Gasteiger charge is -2.07. The molecule has 0 fully saturated rings. The van der Waals surface area contributed by atoms with Crippen LogP contribution >= 0.6 is 11.6 Å². The number of nitrogens with one attached hydrogen (secondary N) is 1. The van der Waals surface area contributed by atoms with Gasteiger partial charge in [-0.3, -0.25) is 0 Å². The van der Waals surface area contributed by atoms with Crippen LogP contribution in [0, 0.1) is 6.92 Å². The molecule has 1 N–H and O–H groups in total. The fourth-order valence-electron chi connectivity index (χ4n) is 1.84. The highest BCUT2D eigenvalue weighted by molar-refractivity contribution is 7.88. The Morgan fingerprint density at radius 1 is 1.47 bits per heavy atom. The Labute approximate surface area is 116 Å². The van der Waals surface area contributed by atoms with Gasteiger partial charge in [-0.05, 0) is 18.6 Å². The van der Waals surface area contributed by atoms with E-state index in [-0.39, 0.29) is 12.4 Å². The van der Waals surface area contributed by atoms with Crippen molar-refractivity contribution in [2.75, 3.05) is 12.8 Å². The minimum atomic E-state index is -3.19. The van der Waals surface area contributed by atoms with Gasteiger partial charge in [-0.2, -0.15) is 0 Å². The van der Waals surface area contributed by atoms with E-state index < -0.39 is 10.0 Å². The van der Waals surface area contributed by atoms with Gasteiger partial charge in [0, 0.05) is 19.3 Å². The number of aryl methyl sites for hydroxylation is 1. The predicted molar refractivity (Wildman–Crippen MR) is 74.7 cm³/mol. The lowest BCUT2D eigenvalue weighted by molar-refractivity contribution is 0.578. The second kappa shape index (κ2) is 5.44. The van der Waals surface area contributed by atoms with Crippen molar-refractivity contribution in [1.82, 2.24) is 19.3 Å². The molecular weight excluding hydrogens is 288 g/mol. The molecular formula is C11H15ClN4O2S. The van der Waals surface area contributed by atoms with E-state index in [1.165, 1.54) is 0 Å². The van der Waals surface area contributed by atoms with Crippen molar-refractivity contribution < 1.29 is 8.42 Å². The SMILES string of the molecule is Cc1cnc2c(c1)nc(CCl)n2CCNS(C)(=O)=O. The number of hydrogen-bond acceptors (Lipinski definition) is 4. The number of sulfonamides is 1. The second-order valence-electron chi connectivity index (χ2n) is 4.34. The average Bonchev–Trinajstić information content (AvgIpc) is 2.65. The molecule has 0 aliphatic heterocycles. The Bertz CT molecular complexity index is 696. The lowest BCUT2D eigenvalue weighted by atomic mass is 10.3. The topological polar surface area (TPSA) is 76.9 Å². The number of imidazole rings is 1. The van der Waals surface area contributed by atoms with Gasteiger partial charge in [-0.15, -0.1) is 11.6 Å². The monoisotopic (exact) mass is 302 g/mol. The Hall–Kier alpha value is -1.18. The molecule has 0 spiro atoms. The number of aromatic nitrogens is 3. The summed E-state index contributed by atoms with van der Waals surface area (Å²) in [6.45, 7) is 2.67. The zero-order chi connectivity index (χ0) is 14.0. The molecule has 2 aromatic rings. The van der Waals surface area contributed by atoms with E-state index >= 15 is 0 Å². The number of rotatable bonds is 5. The Morgan fingerprint density at radius 3 is 2.84 bits per heavy atom. The van der Waals surface area contributed by atoms with Gasteiger partial charge in [0.2, 0.25) is 10.0 Å². The molecule has 0 atom stereocenters. The van der Waals surface area contributed by atoms with Crippen molar-refractivity contribution in [3.05, 3.63) is 23.7 Å². The minimum absolute atomic E-state index is 0.258. The molecule has 8 heteroatoms. The minimum Gasteiger partial charge on any atom is -0.310 e. The number of halogens is 1. The summed E-state index contributed by atoms with van der Waals surface area (Å²) >= 11 is 5.86. The van der Waals surface area contributed by atoms with Crippen molar-refractivity contribution in [1.29, 1.82) is 0 Å². The Morgan fingerprint density at radius 2 is 2.21 bits per heavy atom. The summed E-state index contributed by atoms with van der Waals surface area (Å²) in [6, 6.07) is 1.93. The average molecular weight is 303 g/mol. The van der Waals surface area contributed by atoms with Crippen LogP contribution in [0.1, 0.15) is 11.4 Å². The van der Waals surface area contributed by atoms with Crippen molar-refractivity contribution in [3.8, 4) is 0 Å². The van der Waals surface area contributed by atoms with Crippen LogP contribution in [-0.4, -0.2) is 35.8 Å². The van der Waals surface area contributed by atoms with Gasteiger partial charge >= 0.3 is 0 Å². The van der Waals surface area contributed by atoms with Gasteiger partial charge in [0.15, 0.2) is 5.65 Å². The van der Waals surface area contributed by atoms with Gasteiger partial charge in [0.1, 0.15) is 11.3 Å². The van der Waals surface area contributed by atoms with Crippen molar-refractivity contribution >= 4 is 32.8 Å². The molecule has 0 saturated carbocycles. The molecule has 0 aromatic carbocycles. The predicted octanol–water partition coefficient (Wildman–Crippen LogP) is 1.03. The molecule has 2 aromatic heterocycles. The highest BCUT2D eigenvalue weighted by atomic mass is 35.5. The number of pyridine rings is 1. The molecule has 6 nitrogen and oxygen atoms in total. The molecule has 2 heterocycles. The van der Waals surface area contributed by atoms with E-state index in [4.69, 9.17) is 11.6 Å². The van der Waals surface area contributed by atoms with Gasteiger partial charge in [-0.25, -0.2) is 23.1 Å². The number of alkyl halides is 1. The maximum absolute atomic E-state index is 11.0. The first-order valence-corrected chi connectivity index (χ1v) is 8.15. The van der Waals surface area contributed by atoms with Crippen LogP contribution in [-0.2, 0) is 22.4 Å². The maximum Gasteiger partial charge on any atom is 0.208 e. The summed E-state index contributed by atoms with van der Waals surface area (Å²) in [6.07, 6.45) is 2.88. The molecule has 104 valence electrons. The van der Waals surface area contributed by atoms with E-state index in [1.807, 2.05) is 17.6 Å². The summed E-state index contributed by atoms with van der Waals surface area (Å²) in [5.41, 5.74) is 2.51. The van der Waals surface area contributed by atoms with E-state index in [2.05, 4.69) is 14.7 Å². The van der Waals surface area contributed by atoms with Crippen LogP contribution in [0.4, 0.5) is 0 Å².